The zero-order valence-electron chi connectivity index (χ0n) is 15.3. The van der Waals surface area contributed by atoms with Gasteiger partial charge in [0.2, 0.25) is 0 Å². The molecule has 0 unspecified atom stereocenters. The molecular formula is C22H17FN4O. The van der Waals surface area contributed by atoms with E-state index in [-0.39, 0.29) is 17.5 Å². The summed E-state index contributed by atoms with van der Waals surface area (Å²) in [5.74, 6) is 0.796. The van der Waals surface area contributed by atoms with Gasteiger partial charge in [0.15, 0.2) is 11.6 Å². The van der Waals surface area contributed by atoms with Crippen LogP contribution in [0.2, 0.25) is 0 Å². The van der Waals surface area contributed by atoms with Crippen LogP contribution in [0.1, 0.15) is 39.5 Å². The Morgan fingerprint density at radius 2 is 1.75 bits per heavy atom. The van der Waals surface area contributed by atoms with Crippen molar-refractivity contribution in [3.05, 3.63) is 82.9 Å². The predicted octanol–water partition coefficient (Wildman–Crippen LogP) is 4.15. The molecule has 0 spiro atoms. The van der Waals surface area contributed by atoms with Gasteiger partial charge in [0.05, 0.1) is 11.3 Å². The number of ketones is 1. The van der Waals surface area contributed by atoms with E-state index in [9.17, 15) is 9.18 Å². The lowest BCUT2D eigenvalue weighted by Crippen LogP contribution is -2.21. The minimum Gasteiger partial charge on any atom is -0.294 e. The van der Waals surface area contributed by atoms with Gasteiger partial charge in [0, 0.05) is 18.2 Å². The molecule has 2 aromatic heterocycles. The Morgan fingerprint density at radius 3 is 2.50 bits per heavy atom. The average Bonchev–Trinajstić information content (AvgIpc) is 3.10. The van der Waals surface area contributed by atoms with Gasteiger partial charge in [-0.25, -0.2) is 13.9 Å². The molecular weight excluding hydrogens is 355 g/mol. The number of aromatic nitrogens is 4. The van der Waals surface area contributed by atoms with E-state index in [1.54, 1.807) is 22.8 Å². The van der Waals surface area contributed by atoms with Crippen LogP contribution in [0.5, 0.6) is 0 Å². The van der Waals surface area contributed by atoms with E-state index >= 15 is 0 Å². The standard InChI is InChI=1S/C22H17FN4O/c1-13-2-4-15(5-3-13)21-25-22-24-19-10-16(14-6-8-17(23)9-7-14)11-20(28)18(19)12-27(22)26-21/h2-9,12,16H,10-11H2,1H3/t16-/m1/s1. The van der Waals surface area contributed by atoms with Crippen molar-refractivity contribution in [1.29, 1.82) is 0 Å². The van der Waals surface area contributed by atoms with E-state index in [1.165, 1.54) is 17.7 Å². The van der Waals surface area contributed by atoms with Crippen LogP contribution >= 0.6 is 0 Å². The Bertz CT molecular complexity index is 1200. The van der Waals surface area contributed by atoms with E-state index in [2.05, 4.69) is 15.1 Å². The highest BCUT2D eigenvalue weighted by atomic mass is 19.1. The number of aryl methyl sites for hydroxylation is 1. The first-order valence-electron chi connectivity index (χ1n) is 9.19. The second-order valence-electron chi connectivity index (χ2n) is 7.23. The summed E-state index contributed by atoms with van der Waals surface area (Å²) >= 11 is 0. The molecule has 138 valence electrons. The Kier molecular flexibility index (Phi) is 3.79. The van der Waals surface area contributed by atoms with E-state index in [4.69, 9.17) is 0 Å². The van der Waals surface area contributed by atoms with Gasteiger partial charge in [-0.05, 0) is 37.0 Å². The number of rotatable bonds is 2. The first-order valence-corrected chi connectivity index (χ1v) is 9.19. The summed E-state index contributed by atoms with van der Waals surface area (Å²) in [4.78, 5) is 21.9. The highest BCUT2D eigenvalue weighted by Gasteiger charge is 2.28. The molecule has 1 aliphatic rings. The Labute approximate surface area is 160 Å². The smallest absolute Gasteiger partial charge is 0.252 e. The highest BCUT2D eigenvalue weighted by Crippen LogP contribution is 2.32. The summed E-state index contributed by atoms with van der Waals surface area (Å²) in [6, 6.07) is 14.3. The van der Waals surface area contributed by atoms with Gasteiger partial charge in [-0.1, -0.05) is 42.0 Å². The van der Waals surface area contributed by atoms with Crippen LogP contribution in [0.25, 0.3) is 17.2 Å². The maximum absolute atomic E-state index is 13.2. The van der Waals surface area contributed by atoms with Crippen molar-refractivity contribution in [2.45, 2.75) is 25.7 Å². The normalized spacial score (nSPS) is 16.4. The molecule has 0 saturated carbocycles. The van der Waals surface area contributed by atoms with Crippen LogP contribution < -0.4 is 0 Å². The van der Waals surface area contributed by atoms with Crippen LogP contribution in [0.3, 0.4) is 0 Å². The second kappa shape index (κ2) is 6.34. The number of carbonyl (C=O) groups excluding carboxylic acids is 1. The topological polar surface area (TPSA) is 60.1 Å². The van der Waals surface area contributed by atoms with E-state index in [0.717, 1.165) is 16.8 Å². The fraction of sp³-hybridized carbons (Fsp3) is 0.182. The number of carbonyl (C=O) groups is 1. The molecule has 0 fully saturated rings. The Hall–Kier alpha value is -3.41. The third-order valence-corrected chi connectivity index (χ3v) is 5.23. The summed E-state index contributed by atoms with van der Waals surface area (Å²) in [5.41, 5.74) is 4.33. The molecule has 0 bridgehead atoms. The summed E-state index contributed by atoms with van der Waals surface area (Å²) < 4.78 is 14.8. The van der Waals surface area contributed by atoms with Crippen molar-refractivity contribution in [3.63, 3.8) is 0 Å². The monoisotopic (exact) mass is 372 g/mol. The number of Topliss-reactive ketones (excluding diaryl/α,β-unsaturated/α-hetero) is 1. The molecule has 1 atom stereocenters. The molecule has 4 aromatic rings. The van der Waals surface area contributed by atoms with Gasteiger partial charge in [0.1, 0.15) is 5.82 Å². The molecule has 1 aliphatic carbocycles. The van der Waals surface area contributed by atoms with Crippen LogP contribution in [-0.4, -0.2) is 25.4 Å². The van der Waals surface area contributed by atoms with Gasteiger partial charge in [0.25, 0.3) is 5.78 Å². The van der Waals surface area contributed by atoms with Crippen LogP contribution in [0, 0.1) is 12.7 Å². The number of hydrogen-bond acceptors (Lipinski definition) is 4. The quantitative estimate of drug-likeness (QED) is 0.530. The first kappa shape index (κ1) is 16.7. The molecule has 5 nitrogen and oxygen atoms in total. The number of hydrogen-bond donors (Lipinski definition) is 0. The third kappa shape index (κ3) is 2.87. The number of halogens is 1. The van der Waals surface area contributed by atoms with E-state index in [0.29, 0.717) is 30.0 Å². The van der Waals surface area contributed by atoms with Gasteiger partial charge < -0.3 is 0 Å². The zero-order chi connectivity index (χ0) is 19.3. The molecule has 0 saturated heterocycles. The lowest BCUT2D eigenvalue weighted by molar-refractivity contribution is 0.0962. The number of fused-ring (bicyclic) bond motifs is 2. The second-order valence-corrected chi connectivity index (χ2v) is 7.23. The summed E-state index contributed by atoms with van der Waals surface area (Å²) in [7, 11) is 0. The lowest BCUT2D eigenvalue weighted by Gasteiger charge is -2.23. The van der Waals surface area contributed by atoms with Crippen LogP contribution in [-0.2, 0) is 6.42 Å². The average molecular weight is 372 g/mol. The fourth-order valence-electron chi connectivity index (χ4n) is 3.68. The maximum Gasteiger partial charge on any atom is 0.252 e. The minimum absolute atomic E-state index is 0.00459. The molecule has 6 heteroatoms. The van der Waals surface area contributed by atoms with Gasteiger partial charge in [-0.15, -0.1) is 5.10 Å². The predicted molar refractivity (Wildman–Crippen MR) is 103 cm³/mol. The fourth-order valence-corrected chi connectivity index (χ4v) is 3.68. The molecule has 28 heavy (non-hydrogen) atoms. The van der Waals surface area contributed by atoms with Gasteiger partial charge in [-0.2, -0.15) is 4.98 Å². The first-order chi connectivity index (χ1) is 13.6. The lowest BCUT2D eigenvalue weighted by atomic mass is 9.82. The third-order valence-electron chi connectivity index (χ3n) is 5.23. The van der Waals surface area contributed by atoms with Crippen molar-refractivity contribution >= 4 is 11.6 Å². The van der Waals surface area contributed by atoms with Crippen LogP contribution in [0.15, 0.2) is 54.7 Å². The largest absolute Gasteiger partial charge is 0.294 e. The molecule has 2 aromatic carbocycles. The maximum atomic E-state index is 13.2. The Balaban J connectivity index is 1.53. The highest BCUT2D eigenvalue weighted by molar-refractivity contribution is 5.98. The van der Waals surface area contributed by atoms with Crippen LogP contribution in [0.4, 0.5) is 4.39 Å². The van der Waals surface area contributed by atoms with Crippen molar-refractivity contribution in [3.8, 4) is 11.4 Å². The van der Waals surface area contributed by atoms with Crippen molar-refractivity contribution < 1.29 is 9.18 Å². The Morgan fingerprint density at radius 1 is 1.00 bits per heavy atom. The SMILES string of the molecule is Cc1ccc(-c2nc3nc4c(cn3n2)C(=O)C[C@H](c2ccc(F)cc2)C4)cc1. The van der Waals surface area contributed by atoms with Gasteiger partial charge in [-0.3, -0.25) is 4.79 Å². The molecule has 0 N–H and O–H groups in total. The molecule has 0 aliphatic heterocycles. The molecule has 0 amide bonds. The number of benzene rings is 2. The summed E-state index contributed by atoms with van der Waals surface area (Å²) in [6.07, 6.45) is 2.73. The zero-order valence-corrected chi connectivity index (χ0v) is 15.3. The van der Waals surface area contributed by atoms with Crippen molar-refractivity contribution in [2.75, 3.05) is 0 Å². The van der Waals surface area contributed by atoms with E-state index in [1.807, 2.05) is 31.2 Å². The molecule has 2 heterocycles. The summed E-state index contributed by atoms with van der Waals surface area (Å²) in [6.45, 7) is 2.03. The number of nitrogens with zero attached hydrogens (tertiary/aromatic N) is 4. The van der Waals surface area contributed by atoms with E-state index < -0.39 is 0 Å². The van der Waals surface area contributed by atoms with Gasteiger partial charge >= 0.3 is 0 Å². The van der Waals surface area contributed by atoms with Crippen molar-refractivity contribution in [2.24, 2.45) is 0 Å². The molecule has 5 rings (SSSR count). The van der Waals surface area contributed by atoms with Crippen molar-refractivity contribution in [1.82, 2.24) is 19.6 Å². The summed E-state index contributed by atoms with van der Waals surface area (Å²) in [5, 5.41) is 4.49. The minimum atomic E-state index is -0.279. The molecule has 0 radical (unpaired) electrons.